The molecule has 1 fully saturated rings. The summed E-state index contributed by atoms with van der Waals surface area (Å²) in [5.41, 5.74) is 9.92. The van der Waals surface area contributed by atoms with Crippen molar-refractivity contribution in [2.45, 2.75) is 65.8 Å². The maximum absolute atomic E-state index is 4.89. The quantitative estimate of drug-likeness (QED) is 0.336. The van der Waals surface area contributed by atoms with E-state index >= 15 is 0 Å². The first-order chi connectivity index (χ1) is 15.9. The molecule has 168 valence electrons. The number of anilines is 2. The van der Waals surface area contributed by atoms with E-state index in [9.17, 15) is 0 Å². The number of hydrogen-bond acceptors (Lipinski definition) is 3. The molecule has 0 spiro atoms. The summed E-state index contributed by atoms with van der Waals surface area (Å²) < 4.78 is 2.40. The van der Waals surface area contributed by atoms with Gasteiger partial charge in [0.25, 0.3) is 0 Å². The average Bonchev–Trinajstić information content (AvgIpc) is 3.42. The standard InChI is InChI=1S/C29H32N4/c1-19-14-15-23-22(16-19)26-25-27(32(23)20-12-8-9-13-20)24(17-29(2,3)4)33(28(25)31-18-30-26)21-10-6-5-7-11-21/h5-7,10-11,14-16,18,20H,8-9,12-13,17H2,1-4H3. The molecule has 2 aromatic heterocycles. The van der Waals surface area contributed by atoms with Crippen LogP contribution in [0.5, 0.6) is 0 Å². The fourth-order valence-corrected chi connectivity index (χ4v) is 5.84. The second-order valence-corrected chi connectivity index (χ2v) is 11.0. The second kappa shape index (κ2) is 7.44. The summed E-state index contributed by atoms with van der Waals surface area (Å²) in [5.74, 6) is 0. The monoisotopic (exact) mass is 436 g/mol. The molecular weight excluding hydrogens is 404 g/mol. The van der Waals surface area contributed by atoms with Crippen LogP contribution >= 0.6 is 0 Å². The van der Waals surface area contributed by atoms with E-state index in [0.717, 1.165) is 17.8 Å². The van der Waals surface area contributed by atoms with E-state index in [1.54, 1.807) is 6.33 Å². The van der Waals surface area contributed by atoms with Gasteiger partial charge in [0.05, 0.1) is 22.5 Å². The van der Waals surface area contributed by atoms with E-state index < -0.39 is 0 Å². The molecule has 1 saturated carbocycles. The lowest BCUT2D eigenvalue weighted by Crippen LogP contribution is -2.31. The molecule has 0 atom stereocenters. The van der Waals surface area contributed by atoms with Gasteiger partial charge in [0, 0.05) is 23.0 Å². The van der Waals surface area contributed by atoms with Gasteiger partial charge in [-0.3, -0.25) is 4.57 Å². The molecule has 33 heavy (non-hydrogen) atoms. The van der Waals surface area contributed by atoms with Crippen LogP contribution in [0.25, 0.3) is 28.0 Å². The summed E-state index contributed by atoms with van der Waals surface area (Å²) in [5, 5.41) is 1.21. The zero-order valence-electron chi connectivity index (χ0n) is 20.1. The van der Waals surface area contributed by atoms with Crippen molar-refractivity contribution in [3.8, 4) is 16.9 Å². The minimum atomic E-state index is 0.139. The summed E-state index contributed by atoms with van der Waals surface area (Å²) in [6.07, 6.45) is 7.80. The lowest BCUT2D eigenvalue weighted by molar-refractivity contribution is 0.404. The molecule has 0 amide bonds. The van der Waals surface area contributed by atoms with Crippen LogP contribution in [0, 0.1) is 12.3 Å². The number of aromatic nitrogens is 3. The van der Waals surface area contributed by atoms with Gasteiger partial charge < -0.3 is 4.90 Å². The predicted molar refractivity (Wildman–Crippen MR) is 137 cm³/mol. The predicted octanol–water partition coefficient (Wildman–Crippen LogP) is 7.38. The van der Waals surface area contributed by atoms with Crippen molar-refractivity contribution in [3.05, 3.63) is 66.1 Å². The van der Waals surface area contributed by atoms with Crippen molar-refractivity contribution >= 4 is 22.4 Å². The van der Waals surface area contributed by atoms with Gasteiger partial charge in [0.2, 0.25) is 0 Å². The topological polar surface area (TPSA) is 34.0 Å². The number of aryl methyl sites for hydroxylation is 1. The summed E-state index contributed by atoms with van der Waals surface area (Å²) in [6, 6.07) is 18.1. The Morgan fingerprint density at radius 2 is 1.73 bits per heavy atom. The largest absolute Gasteiger partial charge is 0.336 e. The van der Waals surface area contributed by atoms with Gasteiger partial charge in [0.15, 0.2) is 5.65 Å². The van der Waals surface area contributed by atoms with Crippen molar-refractivity contribution in [2.75, 3.05) is 4.90 Å². The third-order valence-corrected chi connectivity index (χ3v) is 7.13. The molecule has 4 nitrogen and oxygen atoms in total. The molecule has 2 aromatic carbocycles. The van der Waals surface area contributed by atoms with Crippen LogP contribution in [-0.4, -0.2) is 20.6 Å². The van der Waals surface area contributed by atoms with Crippen LogP contribution < -0.4 is 4.90 Å². The van der Waals surface area contributed by atoms with Crippen LogP contribution in [0.3, 0.4) is 0 Å². The number of nitrogens with zero attached hydrogens (tertiary/aromatic N) is 4. The van der Waals surface area contributed by atoms with Crippen molar-refractivity contribution in [1.29, 1.82) is 0 Å². The Labute approximate surface area is 196 Å². The maximum atomic E-state index is 4.89. The molecular formula is C29H32N4. The van der Waals surface area contributed by atoms with E-state index in [0.29, 0.717) is 6.04 Å². The van der Waals surface area contributed by atoms with Gasteiger partial charge in [0.1, 0.15) is 6.33 Å². The average molecular weight is 437 g/mol. The van der Waals surface area contributed by atoms with Crippen LogP contribution in [0.2, 0.25) is 0 Å². The van der Waals surface area contributed by atoms with Crippen LogP contribution in [0.1, 0.15) is 57.7 Å². The molecule has 0 bridgehead atoms. The Bertz CT molecular complexity index is 1340. The molecule has 1 aliphatic carbocycles. The van der Waals surface area contributed by atoms with E-state index in [-0.39, 0.29) is 5.41 Å². The smallest absolute Gasteiger partial charge is 0.150 e. The van der Waals surface area contributed by atoms with Crippen LogP contribution in [-0.2, 0) is 6.42 Å². The molecule has 1 aliphatic heterocycles. The van der Waals surface area contributed by atoms with Crippen molar-refractivity contribution in [3.63, 3.8) is 0 Å². The lowest BCUT2D eigenvalue weighted by Gasteiger charge is -2.37. The number of rotatable bonds is 3. The van der Waals surface area contributed by atoms with E-state index in [1.165, 1.54) is 65.0 Å². The van der Waals surface area contributed by atoms with E-state index in [2.05, 4.69) is 85.7 Å². The first-order valence-corrected chi connectivity index (χ1v) is 12.3. The number of hydrogen-bond donors (Lipinski definition) is 0. The molecule has 0 radical (unpaired) electrons. The zero-order chi connectivity index (χ0) is 22.7. The lowest BCUT2D eigenvalue weighted by atomic mass is 9.88. The minimum Gasteiger partial charge on any atom is -0.336 e. The van der Waals surface area contributed by atoms with Crippen molar-refractivity contribution in [2.24, 2.45) is 5.41 Å². The third-order valence-electron chi connectivity index (χ3n) is 7.13. The van der Waals surface area contributed by atoms with Gasteiger partial charge >= 0.3 is 0 Å². The fourth-order valence-electron chi connectivity index (χ4n) is 5.84. The molecule has 0 N–H and O–H groups in total. The van der Waals surface area contributed by atoms with Crippen molar-refractivity contribution in [1.82, 2.24) is 14.5 Å². The van der Waals surface area contributed by atoms with Gasteiger partial charge in [-0.25, -0.2) is 9.97 Å². The Morgan fingerprint density at radius 1 is 0.970 bits per heavy atom. The molecule has 2 aliphatic rings. The fraction of sp³-hybridized carbons (Fsp3) is 0.379. The highest BCUT2D eigenvalue weighted by atomic mass is 15.2. The Hall–Kier alpha value is -3.14. The molecule has 3 heterocycles. The molecule has 4 aromatic rings. The number of benzene rings is 2. The molecule has 6 rings (SSSR count). The summed E-state index contributed by atoms with van der Waals surface area (Å²) in [6.45, 7) is 9.17. The van der Waals surface area contributed by atoms with Gasteiger partial charge in [-0.05, 0) is 55.9 Å². The first kappa shape index (κ1) is 20.5. The Balaban J connectivity index is 1.75. The van der Waals surface area contributed by atoms with E-state index in [4.69, 9.17) is 9.97 Å². The molecule has 0 saturated heterocycles. The normalized spacial score (nSPS) is 15.9. The first-order valence-electron chi connectivity index (χ1n) is 12.3. The van der Waals surface area contributed by atoms with Crippen LogP contribution in [0.4, 0.5) is 11.4 Å². The summed E-state index contributed by atoms with van der Waals surface area (Å²) in [7, 11) is 0. The van der Waals surface area contributed by atoms with Crippen molar-refractivity contribution < 1.29 is 0 Å². The highest BCUT2D eigenvalue weighted by molar-refractivity contribution is 6.11. The Kier molecular flexibility index (Phi) is 4.62. The Morgan fingerprint density at radius 3 is 2.45 bits per heavy atom. The molecule has 4 heteroatoms. The highest BCUT2D eigenvalue weighted by Gasteiger charge is 2.38. The summed E-state index contributed by atoms with van der Waals surface area (Å²) >= 11 is 0. The van der Waals surface area contributed by atoms with Gasteiger partial charge in [-0.1, -0.05) is 63.4 Å². The number of fused-ring (bicyclic) bond motifs is 2. The molecule has 0 unspecified atom stereocenters. The second-order valence-electron chi connectivity index (χ2n) is 11.0. The highest BCUT2D eigenvalue weighted by Crippen LogP contribution is 2.53. The van der Waals surface area contributed by atoms with Gasteiger partial charge in [-0.2, -0.15) is 0 Å². The minimum absolute atomic E-state index is 0.139. The number of para-hydroxylation sites is 1. The zero-order valence-corrected chi connectivity index (χ0v) is 20.1. The SMILES string of the molecule is Cc1ccc2c(c1)-c1ncnc3c1c(c(CC(C)(C)C)n3-c1ccccc1)N2C1CCCC1. The third kappa shape index (κ3) is 3.26. The van der Waals surface area contributed by atoms with E-state index in [1.807, 2.05) is 0 Å². The maximum Gasteiger partial charge on any atom is 0.150 e. The van der Waals surface area contributed by atoms with Gasteiger partial charge in [-0.15, -0.1) is 0 Å². The summed E-state index contributed by atoms with van der Waals surface area (Å²) in [4.78, 5) is 12.4. The van der Waals surface area contributed by atoms with Crippen LogP contribution in [0.15, 0.2) is 54.9 Å².